The molecule has 2 unspecified atom stereocenters. The lowest BCUT2D eigenvalue weighted by atomic mass is 9.82. The third-order valence-electron chi connectivity index (χ3n) is 3.77. The minimum absolute atomic E-state index is 0.315. The fourth-order valence-electron chi connectivity index (χ4n) is 2.47. The van der Waals surface area contributed by atoms with Crippen LogP contribution in [-0.2, 0) is 0 Å². The van der Waals surface area contributed by atoms with Gasteiger partial charge in [-0.2, -0.15) is 13.2 Å². The highest BCUT2D eigenvalue weighted by atomic mass is 19.4. The average Bonchev–Trinajstić information content (AvgIpc) is 2.45. The summed E-state index contributed by atoms with van der Waals surface area (Å²) < 4.78 is 49.5. The second-order valence-electron chi connectivity index (χ2n) is 5.07. The summed E-state index contributed by atoms with van der Waals surface area (Å²) in [6.07, 6.45) is -4.29. The van der Waals surface area contributed by atoms with Crippen molar-refractivity contribution in [3.63, 3.8) is 0 Å². The van der Waals surface area contributed by atoms with E-state index in [-0.39, 0.29) is 0 Å². The molecule has 21 heavy (non-hydrogen) atoms. The van der Waals surface area contributed by atoms with Gasteiger partial charge in [0.15, 0.2) is 5.60 Å². The molecule has 1 aliphatic rings. The number of hydrogen-bond acceptors (Lipinski definition) is 3. The predicted molar refractivity (Wildman–Crippen MR) is 71.7 cm³/mol. The molecule has 0 saturated heterocycles. The maximum Gasteiger partial charge on any atom is 0.420 e. The first-order valence-electron chi connectivity index (χ1n) is 6.54. The van der Waals surface area contributed by atoms with Gasteiger partial charge >= 0.3 is 6.18 Å². The molecule has 1 heterocycles. The van der Waals surface area contributed by atoms with Crippen molar-refractivity contribution in [2.45, 2.75) is 30.5 Å². The first kappa shape index (κ1) is 15.7. The van der Waals surface area contributed by atoms with Gasteiger partial charge in [-0.1, -0.05) is 12.7 Å². The SMILES string of the molecule is C=CC(O)(CC1CCOc2ccc(OC)cc21)C(F)(F)F. The van der Waals surface area contributed by atoms with Crippen LogP contribution in [0.1, 0.15) is 24.3 Å². The van der Waals surface area contributed by atoms with Gasteiger partial charge in [-0.15, -0.1) is 0 Å². The third-order valence-corrected chi connectivity index (χ3v) is 3.77. The number of aliphatic hydroxyl groups is 1. The third kappa shape index (κ3) is 3.00. The van der Waals surface area contributed by atoms with Gasteiger partial charge < -0.3 is 14.6 Å². The van der Waals surface area contributed by atoms with E-state index in [1.165, 1.54) is 7.11 Å². The van der Waals surface area contributed by atoms with Gasteiger partial charge in [0.25, 0.3) is 0 Å². The van der Waals surface area contributed by atoms with E-state index >= 15 is 0 Å². The van der Waals surface area contributed by atoms with Crippen molar-refractivity contribution in [1.82, 2.24) is 0 Å². The largest absolute Gasteiger partial charge is 0.497 e. The lowest BCUT2D eigenvalue weighted by Crippen LogP contribution is -2.44. The Morgan fingerprint density at radius 1 is 1.48 bits per heavy atom. The van der Waals surface area contributed by atoms with Crippen LogP contribution in [0.15, 0.2) is 30.9 Å². The summed E-state index contributed by atoms with van der Waals surface area (Å²) in [5, 5.41) is 9.85. The Kier molecular flexibility index (Phi) is 4.18. The van der Waals surface area contributed by atoms with Gasteiger partial charge in [0.05, 0.1) is 13.7 Å². The molecule has 0 saturated carbocycles. The van der Waals surface area contributed by atoms with E-state index in [4.69, 9.17) is 9.47 Å². The number of fused-ring (bicyclic) bond motifs is 1. The van der Waals surface area contributed by atoms with Crippen LogP contribution < -0.4 is 9.47 Å². The van der Waals surface area contributed by atoms with Crippen LogP contribution in [0.4, 0.5) is 13.2 Å². The lowest BCUT2D eigenvalue weighted by molar-refractivity contribution is -0.243. The molecular weight excluding hydrogens is 285 g/mol. The van der Waals surface area contributed by atoms with Crippen LogP contribution in [0.25, 0.3) is 0 Å². The van der Waals surface area contributed by atoms with E-state index in [2.05, 4.69) is 6.58 Å². The smallest absolute Gasteiger partial charge is 0.420 e. The summed E-state index contributed by atoms with van der Waals surface area (Å²) in [6, 6.07) is 5.00. The predicted octanol–water partition coefficient (Wildman–Crippen LogP) is 3.43. The highest BCUT2D eigenvalue weighted by molar-refractivity contribution is 5.44. The highest BCUT2D eigenvalue weighted by Crippen LogP contribution is 2.44. The van der Waals surface area contributed by atoms with Crippen molar-refractivity contribution in [2.75, 3.05) is 13.7 Å². The molecule has 0 bridgehead atoms. The Morgan fingerprint density at radius 2 is 2.19 bits per heavy atom. The molecule has 3 nitrogen and oxygen atoms in total. The summed E-state index contributed by atoms with van der Waals surface area (Å²) in [4.78, 5) is 0. The van der Waals surface area contributed by atoms with E-state index < -0.39 is 24.1 Å². The number of ether oxygens (including phenoxy) is 2. The standard InChI is InChI=1S/C15H17F3O3/c1-3-14(19,15(16,17)18)9-10-6-7-21-13-5-4-11(20-2)8-12(10)13/h3-5,8,10,19H,1,6-7,9H2,2H3. The Labute approximate surface area is 121 Å². The minimum Gasteiger partial charge on any atom is -0.497 e. The molecule has 0 amide bonds. The van der Waals surface area contributed by atoms with Crippen molar-refractivity contribution in [2.24, 2.45) is 0 Å². The van der Waals surface area contributed by atoms with Gasteiger partial charge in [-0.05, 0) is 37.0 Å². The van der Waals surface area contributed by atoms with Crippen LogP contribution in [0, 0.1) is 0 Å². The number of alkyl halides is 3. The Balaban J connectivity index is 2.33. The molecule has 1 aromatic carbocycles. The molecular formula is C15H17F3O3. The second-order valence-corrected chi connectivity index (χ2v) is 5.07. The molecule has 1 N–H and O–H groups in total. The molecule has 1 aliphatic heterocycles. The lowest BCUT2D eigenvalue weighted by Gasteiger charge is -2.34. The van der Waals surface area contributed by atoms with E-state index in [9.17, 15) is 18.3 Å². The molecule has 0 aromatic heterocycles. The van der Waals surface area contributed by atoms with Crippen LogP contribution in [0.5, 0.6) is 11.5 Å². The summed E-state index contributed by atoms with van der Waals surface area (Å²) in [5.74, 6) is 0.590. The molecule has 0 radical (unpaired) electrons. The van der Waals surface area contributed by atoms with Gasteiger partial charge in [-0.25, -0.2) is 0 Å². The van der Waals surface area contributed by atoms with Crippen molar-refractivity contribution in [1.29, 1.82) is 0 Å². The van der Waals surface area contributed by atoms with E-state index in [1.807, 2.05) is 0 Å². The molecule has 1 aromatic rings. The summed E-state index contributed by atoms with van der Waals surface area (Å²) in [6.45, 7) is 3.44. The van der Waals surface area contributed by atoms with E-state index in [1.54, 1.807) is 18.2 Å². The molecule has 0 aliphatic carbocycles. The topological polar surface area (TPSA) is 38.7 Å². The number of rotatable bonds is 4. The maximum absolute atomic E-state index is 13.0. The molecule has 0 spiro atoms. The van der Waals surface area contributed by atoms with Gasteiger partial charge in [-0.3, -0.25) is 0 Å². The molecule has 2 rings (SSSR count). The van der Waals surface area contributed by atoms with Crippen molar-refractivity contribution in [3.8, 4) is 11.5 Å². The van der Waals surface area contributed by atoms with Crippen LogP contribution in [-0.4, -0.2) is 30.6 Å². The molecule has 6 heteroatoms. The zero-order chi connectivity index (χ0) is 15.7. The Bertz CT molecular complexity index is 527. The molecule has 0 fully saturated rings. The monoisotopic (exact) mass is 302 g/mol. The van der Waals surface area contributed by atoms with Crippen molar-refractivity contribution >= 4 is 0 Å². The van der Waals surface area contributed by atoms with Gasteiger partial charge in [0, 0.05) is 5.56 Å². The Hall–Kier alpha value is -1.69. The summed E-state index contributed by atoms with van der Waals surface area (Å²) in [7, 11) is 1.48. The van der Waals surface area contributed by atoms with E-state index in [0.717, 1.165) is 0 Å². The highest BCUT2D eigenvalue weighted by Gasteiger charge is 2.52. The number of halogens is 3. The molecule has 116 valence electrons. The zero-order valence-corrected chi connectivity index (χ0v) is 11.6. The Morgan fingerprint density at radius 3 is 2.76 bits per heavy atom. The molecule has 2 atom stereocenters. The second kappa shape index (κ2) is 5.60. The zero-order valence-electron chi connectivity index (χ0n) is 11.6. The van der Waals surface area contributed by atoms with Crippen LogP contribution in [0.3, 0.4) is 0 Å². The summed E-state index contributed by atoms with van der Waals surface area (Å²) >= 11 is 0. The van der Waals surface area contributed by atoms with Crippen LogP contribution in [0.2, 0.25) is 0 Å². The fraction of sp³-hybridized carbons (Fsp3) is 0.467. The number of methoxy groups -OCH3 is 1. The quantitative estimate of drug-likeness (QED) is 0.866. The first-order valence-corrected chi connectivity index (χ1v) is 6.54. The average molecular weight is 302 g/mol. The normalized spacial score (nSPS) is 20.9. The van der Waals surface area contributed by atoms with Crippen molar-refractivity contribution < 1.29 is 27.8 Å². The number of benzene rings is 1. The van der Waals surface area contributed by atoms with Gasteiger partial charge in [0.1, 0.15) is 11.5 Å². The first-order chi connectivity index (χ1) is 9.80. The minimum atomic E-state index is -4.76. The maximum atomic E-state index is 13.0. The van der Waals surface area contributed by atoms with Crippen LogP contribution >= 0.6 is 0 Å². The van der Waals surface area contributed by atoms with E-state index in [0.29, 0.717) is 36.2 Å². The summed E-state index contributed by atoms with van der Waals surface area (Å²) in [5.41, 5.74) is -2.29. The number of hydrogen-bond donors (Lipinski definition) is 1. The fourth-order valence-corrected chi connectivity index (χ4v) is 2.47. The van der Waals surface area contributed by atoms with Crippen molar-refractivity contribution in [3.05, 3.63) is 36.4 Å². The van der Waals surface area contributed by atoms with Gasteiger partial charge in [0.2, 0.25) is 0 Å².